The number of rotatable bonds is 9. The maximum absolute atomic E-state index is 13.5. The molecule has 2 aliphatic rings. The number of nitrogens with one attached hydrogen (secondary N) is 2. The van der Waals surface area contributed by atoms with Crippen molar-refractivity contribution < 1.29 is 19.2 Å². The van der Waals surface area contributed by atoms with E-state index >= 15 is 0 Å². The van der Waals surface area contributed by atoms with Crippen LogP contribution in [0.3, 0.4) is 0 Å². The van der Waals surface area contributed by atoms with Crippen LogP contribution in [0.25, 0.3) is 11.4 Å². The summed E-state index contributed by atoms with van der Waals surface area (Å²) in [5, 5.41) is 6.62. The van der Waals surface area contributed by atoms with Gasteiger partial charge in [-0.25, -0.2) is 0 Å². The molecule has 6 rings (SSSR count). The second-order valence-electron chi connectivity index (χ2n) is 10.6. The maximum Gasteiger partial charge on any atom is 0.304 e. The smallest absolute Gasteiger partial charge is 0.304 e. The van der Waals surface area contributed by atoms with Gasteiger partial charge in [0.05, 0.1) is 33.9 Å². The molecule has 2 heterocycles. The summed E-state index contributed by atoms with van der Waals surface area (Å²) in [7, 11) is 0. The lowest BCUT2D eigenvalue weighted by Crippen LogP contribution is -2.30. The van der Waals surface area contributed by atoms with E-state index < -0.39 is 23.4 Å². The van der Waals surface area contributed by atoms with Gasteiger partial charge in [-0.2, -0.15) is 0 Å². The molecule has 2 N–H and O–H groups in total. The van der Waals surface area contributed by atoms with Crippen molar-refractivity contribution in [3.63, 3.8) is 0 Å². The van der Waals surface area contributed by atoms with Gasteiger partial charge in [-0.05, 0) is 59.7 Å². The first-order chi connectivity index (χ1) is 23.2. The molecule has 0 radical (unpaired) electrons. The Morgan fingerprint density at radius 3 is 1.19 bits per heavy atom. The minimum Gasteiger partial charge on any atom is -0.382 e. The van der Waals surface area contributed by atoms with Crippen LogP contribution in [0, 0.1) is 0 Å². The van der Waals surface area contributed by atoms with Gasteiger partial charge < -0.3 is 10.6 Å². The summed E-state index contributed by atoms with van der Waals surface area (Å²) < 4.78 is 1.64. The van der Waals surface area contributed by atoms with Crippen LogP contribution >= 0.6 is 56.3 Å². The molecule has 4 aromatic carbocycles. The average molecular weight is 801 g/mol. The Hall–Kier alpha value is -4.62. The molecule has 2 aliphatic heterocycles. The molecule has 0 bridgehead atoms. The normalized spacial score (nSPS) is 17.0. The number of thiocarbonyl (C=S) groups is 2. The van der Waals surface area contributed by atoms with E-state index in [2.05, 4.69) is 42.5 Å². The maximum atomic E-state index is 13.5. The number of hydrogen-bond donors (Lipinski definition) is 2. The zero-order chi connectivity index (χ0) is 33.9. The highest BCUT2D eigenvalue weighted by atomic mass is 79.9. The van der Waals surface area contributed by atoms with Gasteiger partial charge in [0.15, 0.2) is 0 Å². The molecule has 12 heteroatoms. The molecule has 0 atom stereocenters. The van der Waals surface area contributed by atoms with Crippen LogP contribution < -0.4 is 20.4 Å². The molecule has 48 heavy (non-hydrogen) atoms. The lowest BCUT2D eigenvalue weighted by Gasteiger charge is -2.19. The van der Waals surface area contributed by atoms with Crippen LogP contribution in [-0.2, 0) is 19.2 Å². The summed E-state index contributed by atoms with van der Waals surface area (Å²) in [6.45, 7) is 0.482. The van der Waals surface area contributed by atoms with Gasteiger partial charge in [0, 0.05) is 22.0 Å². The third-order valence-electron chi connectivity index (χ3n) is 7.61. The first-order valence-electron chi connectivity index (χ1n) is 14.6. The number of halogens is 2. The van der Waals surface area contributed by atoms with Crippen molar-refractivity contribution in [2.45, 2.75) is 0 Å². The quantitative estimate of drug-likeness (QED) is 0.0870. The number of benzene rings is 4. The predicted octanol–water partition coefficient (Wildman–Crippen LogP) is 6.40. The number of carbonyl (C=O) groups excluding carboxylic acids is 4. The van der Waals surface area contributed by atoms with Gasteiger partial charge >= 0.3 is 11.8 Å². The predicted molar refractivity (Wildman–Crippen MR) is 201 cm³/mol. The molecule has 8 nitrogen and oxygen atoms in total. The Bertz CT molecular complexity index is 1900. The Balaban J connectivity index is 1.31. The molecule has 0 unspecified atom stereocenters. The van der Waals surface area contributed by atoms with Crippen LogP contribution in [0.2, 0.25) is 0 Å². The van der Waals surface area contributed by atoms with Crippen LogP contribution in [0.4, 0.5) is 11.4 Å². The largest absolute Gasteiger partial charge is 0.382 e. The summed E-state index contributed by atoms with van der Waals surface area (Å²) in [4.78, 5) is 56.0. The first-order valence-corrected chi connectivity index (χ1v) is 17.0. The molecule has 4 aromatic rings. The van der Waals surface area contributed by atoms with Crippen LogP contribution in [0.1, 0.15) is 11.1 Å². The van der Waals surface area contributed by atoms with E-state index in [1.54, 1.807) is 48.5 Å². The van der Waals surface area contributed by atoms with E-state index in [0.29, 0.717) is 33.9 Å². The molecular formula is C36H24Br2N4O4S2. The monoisotopic (exact) mass is 798 g/mol. The Labute approximate surface area is 303 Å². The molecular weight excluding hydrogens is 776 g/mol. The van der Waals surface area contributed by atoms with E-state index in [0.717, 1.165) is 8.95 Å². The lowest BCUT2D eigenvalue weighted by atomic mass is 10.0. The average Bonchev–Trinajstić information content (AvgIpc) is 3.45. The van der Waals surface area contributed by atoms with Crippen molar-refractivity contribution in [2.75, 3.05) is 22.9 Å². The topological polar surface area (TPSA) is 98.8 Å². The van der Waals surface area contributed by atoms with Gasteiger partial charge in [-0.1, -0.05) is 117 Å². The summed E-state index contributed by atoms with van der Waals surface area (Å²) in [6.07, 6.45) is 0. The summed E-state index contributed by atoms with van der Waals surface area (Å²) in [6, 6.07) is 32.2. The van der Waals surface area contributed by atoms with Gasteiger partial charge in [0.2, 0.25) is 0 Å². The van der Waals surface area contributed by atoms with Crippen molar-refractivity contribution in [3.05, 3.63) is 140 Å². The van der Waals surface area contributed by atoms with Gasteiger partial charge in [-0.3, -0.25) is 29.0 Å². The second-order valence-corrected chi connectivity index (χ2v) is 13.2. The molecule has 0 aliphatic carbocycles. The first kappa shape index (κ1) is 33.3. The fraction of sp³-hybridized carbons (Fsp3) is 0.0556. The fourth-order valence-electron chi connectivity index (χ4n) is 5.36. The zero-order valence-electron chi connectivity index (χ0n) is 24.9. The van der Waals surface area contributed by atoms with Gasteiger partial charge in [0.1, 0.15) is 9.98 Å². The highest BCUT2D eigenvalue weighted by Crippen LogP contribution is 2.32. The van der Waals surface area contributed by atoms with Crippen LogP contribution in [0.15, 0.2) is 129 Å². The number of nitrogens with zero attached hydrogens (tertiary/aromatic N) is 2. The molecule has 2 fully saturated rings. The Morgan fingerprint density at radius 1 is 0.521 bits per heavy atom. The van der Waals surface area contributed by atoms with Gasteiger partial charge in [0.25, 0.3) is 11.6 Å². The number of carbonyl (C=O) groups is 4. The third-order valence-corrected chi connectivity index (χ3v) is 9.44. The third kappa shape index (κ3) is 6.44. The Morgan fingerprint density at radius 2 is 0.854 bits per heavy atom. The fourth-order valence-corrected chi connectivity index (χ4v) is 6.66. The van der Waals surface area contributed by atoms with Crippen molar-refractivity contribution in [3.8, 4) is 0 Å². The highest BCUT2D eigenvalue weighted by molar-refractivity contribution is 9.10. The van der Waals surface area contributed by atoms with Crippen LogP contribution in [-0.4, -0.2) is 46.4 Å². The molecule has 0 spiro atoms. The van der Waals surface area contributed by atoms with Gasteiger partial charge in [-0.15, -0.1) is 0 Å². The number of hydrogen-bond acceptors (Lipinski definition) is 8. The molecule has 238 valence electrons. The van der Waals surface area contributed by atoms with Crippen LogP contribution in [0.5, 0.6) is 0 Å². The number of amides is 2. The number of ketones is 2. The molecule has 2 amide bonds. The SMILES string of the molecule is O=C1C(=O)N(c2ccc(Br)cc2)C(=S)/C1=C(\NCCN/C(=C1/C(=O)C(=O)N(c2ccc(Br)cc2)C1=S)c1ccccc1)c1ccccc1. The van der Waals surface area contributed by atoms with E-state index in [1.807, 2.05) is 60.7 Å². The molecule has 0 saturated carbocycles. The molecule has 0 aromatic heterocycles. The summed E-state index contributed by atoms with van der Waals surface area (Å²) >= 11 is 18.2. The van der Waals surface area contributed by atoms with E-state index in [1.165, 1.54) is 9.80 Å². The van der Waals surface area contributed by atoms with E-state index in [-0.39, 0.29) is 34.2 Å². The van der Waals surface area contributed by atoms with Crippen molar-refractivity contribution in [1.29, 1.82) is 0 Å². The lowest BCUT2D eigenvalue weighted by molar-refractivity contribution is -0.132. The summed E-state index contributed by atoms with van der Waals surface area (Å²) in [5.41, 5.74) is 3.28. The van der Waals surface area contributed by atoms with Crippen molar-refractivity contribution >= 4 is 112 Å². The highest BCUT2D eigenvalue weighted by Gasteiger charge is 2.43. The van der Waals surface area contributed by atoms with E-state index in [9.17, 15) is 19.2 Å². The molecule has 2 saturated heterocycles. The number of Topliss-reactive ketones (excluding diaryl/α,β-unsaturated/α-hetero) is 2. The zero-order valence-corrected chi connectivity index (χ0v) is 29.7. The summed E-state index contributed by atoms with van der Waals surface area (Å²) in [5.74, 6) is -2.92. The van der Waals surface area contributed by atoms with Crippen molar-refractivity contribution in [2.24, 2.45) is 0 Å². The van der Waals surface area contributed by atoms with E-state index in [4.69, 9.17) is 24.4 Å². The van der Waals surface area contributed by atoms with Crippen molar-refractivity contribution in [1.82, 2.24) is 10.6 Å². The number of anilines is 2. The minimum atomic E-state index is -0.741. The standard InChI is InChI=1S/C36H24Br2N4O4S2/c37-23-11-15-25(16-12-23)41-33(45)31(43)27(35(41)47)29(21-7-3-1-4-8-21)39-19-20-40-30(22-9-5-2-6-10-22)28-32(44)34(46)42(36(28)48)26-17-13-24(38)14-18-26/h1-18,39-40H,19-20H2/b29-27-,30-28-. The second kappa shape index (κ2) is 14.2. The Kier molecular flexibility index (Phi) is 9.88. The minimum absolute atomic E-state index is 0.0900.